The topological polar surface area (TPSA) is 48.5 Å². The predicted molar refractivity (Wildman–Crippen MR) is 156 cm³/mol. The van der Waals surface area contributed by atoms with E-state index in [1.807, 2.05) is 11.8 Å². The third-order valence-electron chi connectivity index (χ3n) is 9.18. The molecule has 2 fully saturated rings. The molecule has 3 heterocycles. The van der Waals surface area contributed by atoms with Gasteiger partial charge in [-0.15, -0.1) is 11.8 Å². The van der Waals surface area contributed by atoms with Crippen LogP contribution in [0.5, 0.6) is 0 Å². The Hall–Kier alpha value is -3.09. The average molecular weight is 536 g/mol. The molecule has 3 aromatic carbocycles. The summed E-state index contributed by atoms with van der Waals surface area (Å²) in [6, 6.07) is 30.5. The normalized spacial score (nSPS) is 29.3. The summed E-state index contributed by atoms with van der Waals surface area (Å²) in [6.45, 7) is 0. The van der Waals surface area contributed by atoms with Gasteiger partial charge >= 0.3 is 4.87 Å². The number of thioether (sulfide) groups is 1. The van der Waals surface area contributed by atoms with Crippen molar-refractivity contribution in [1.82, 2.24) is 4.98 Å². The van der Waals surface area contributed by atoms with Gasteiger partial charge in [-0.2, -0.15) is 5.10 Å². The lowest BCUT2D eigenvalue weighted by atomic mass is 9.75. The fourth-order valence-electron chi connectivity index (χ4n) is 7.55. The molecule has 1 aromatic heterocycles. The van der Waals surface area contributed by atoms with Gasteiger partial charge in [-0.25, -0.2) is 0 Å². The number of hydrogen-bond donors (Lipinski definition) is 1. The van der Waals surface area contributed by atoms with Crippen molar-refractivity contribution < 1.29 is 0 Å². The predicted octanol–water partition coefficient (Wildman–Crippen LogP) is 7.44. The van der Waals surface area contributed by atoms with E-state index in [0.29, 0.717) is 17.1 Å². The summed E-state index contributed by atoms with van der Waals surface area (Å²) in [7, 11) is 0. The van der Waals surface area contributed by atoms with Crippen LogP contribution < -0.4 is 9.88 Å². The summed E-state index contributed by atoms with van der Waals surface area (Å²) in [5.41, 5.74) is 6.05. The van der Waals surface area contributed by atoms with Crippen LogP contribution in [0.4, 0.5) is 5.69 Å². The molecule has 190 valence electrons. The molecule has 2 saturated carbocycles. The highest BCUT2D eigenvalue weighted by Crippen LogP contribution is 2.63. The highest BCUT2D eigenvalue weighted by atomic mass is 32.2. The fourth-order valence-corrected chi connectivity index (χ4v) is 10.4. The zero-order valence-electron chi connectivity index (χ0n) is 21.0. The average Bonchev–Trinajstić information content (AvgIpc) is 3.76. The molecule has 4 nitrogen and oxygen atoms in total. The van der Waals surface area contributed by atoms with Crippen LogP contribution in [0.2, 0.25) is 0 Å². The van der Waals surface area contributed by atoms with Gasteiger partial charge < -0.3 is 4.98 Å². The third kappa shape index (κ3) is 3.64. The molecular weight excluding hydrogens is 507 g/mol. The Kier molecular flexibility index (Phi) is 5.41. The van der Waals surface area contributed by atoms with Gasteiger partial charge in [0.15, 0.2) is 0 Å². The van der Waals surface area contributed by atoms with Crippen LogP contribution >= 0.6 is 23.1 Å². The lowest BCUT2D eigenvalue weighted by molar-refractivity contribution is 0.307. The number of aromatic amines is 1. The molecule has 6 heteroatoms. The Labute approximate surface area is 230 Å². The van der Waals surface area contributed by atoms with Crippen LogP contribution in [-0.2, 0) is 0 Å². The van der Waals surface area contributed by atoms with Crippen LogP contribution in [0, 0.1) is 17.8 Å². The van der Waals surface area contributed by atoms with Crippen molar-refractivity contribution in [3.8, 4) is 0 Å². The summed E-state index contributed by atoms with van der Waals surface area (Å²) in [6.07, 6.45) is 4.94. The number of rotatable bonds is 4. The molecule has 0 saturated heterocycles. The van der Waals surface area contributed by atoms with Gasteiger partial charge in [-0.05, 0) is 65.8 Å². The first kappa shape index (κ1) is 22.9. The van der Waals surface area contributed by atoms with Crippen molar-refractivity contribution >= 4 is 34.5 Å². The summed E-state index contributed by atoms with van der Waals surface area (Å²) >= 11 is 3.39. The number of nitrogens with zero attached hydrogens (tertiary/aromatic N) is 2. The van der Waals surface area contributed by atoms with Crippen molar-refractivity contribution in [2.45, 2.75) is 47.9 Å². The van der Waals surface area contributed by atoms with Crippen LogP contribution in [0.3, 0.4) is 0 Å². The van der Waals surface area contributed by atoms with E-state index >= 15 is 0 Å². The quantitative estimate of drug-likeness (QED) is 0.295. The summed E-state index contributed by atoms with van der Waals surface area (Å²) < 4.78 is 0. The number of anilines is 1. The maximum absolute atomic E-state index is 12.4. The van der Waals surface area contributed by atoms with Crippen molar-refractivity contribution in [1.29, 1.82) is 0 Å². The van der Waals surface area contributed by atoms with E-state index in [1.165, 1.54) is 52.2 Å². The van der Waals surface area contributed by atoms with Gasteiger partial charge in [0, 0.05) is 22.5 Å². The van der Waals surface area contributed by atoms with Crippen LogP contribution in [0.15, 0.2) is 99.9 Å². The van der Waals surface area contributed by atoms with Crippen molar-refractivity contribution in [2.75, 3.05) is 5.01 Å². The minimum atomic E-state index is 0.0852. The van der Waals surface area contributed by atoms with Gasteiger partial charge in [0.1, 0.15) is 0 Å². The Morgan fingerprint density at radius 1 is 0.842 bits per heavy atom. The van der Waals surface area contributed by atoms with Gasteiger partial charge in [0.25, 0.3) is 0 Å². The molecule has 0 radical (unpaired) electrons. The van der Waals surface area contributed by atoms with E-state index in [1.54, 1.807) is 0 Å². The zero-order chi connectivity index (χ0) is 25.2. The number of hydrazone groups is 1. The SMILES string of the molecule is O=c1[nH]c2c(s1)[C@H](c1ccc(N3N=C(c4ccccc4)C[C@@H]3c3ccccc3)cc1)[C@@H]1[C@H]3CC[C@@H](C3)[C@@H]1S2. The smallest absolute Gasteiger partial charge is 0.305 e. The number of H-pyrrole nitrogens is 1. The molecule has 1 N–H and O–H groups in total. The number of nitrogens with one attached hydrogen (secondary N) is 1. The second-order valence-electron chi connectivity index (χ2n) is 11.2. The second-order valence-corrected chi connectivity index (χ2v) is 13.4. The Bertz CT molecular complexity index is 1560. The van der Waals surface area contributed by atoms with Crippen molar-refractivity contribution in [3.05, 3.63) is 116 Å². The first-order chi connectivity index (χ1) is 18.7. The zero-order valence-corrected chi connectivity index (χ0v) is 22.6. The Morgan fingerprint density at radius 2 is 1.58 bits per heavy atom. The number of benzene rings is 3. The maximum atomic E-state index is 12.4. The lowest BCUT2D eigenvalue weighted by Crippen LogP contribution is -2.33. The largest absolute Gasteiger partial charge is 0.307 e. The summed E-state index contributed by atoms with van der Waals surface area (Å²) in [5.74, 6) is 2.54. The number of aromatic nitrogens is 1. The van der Waals surface area contributed by atoms with Gasteiger partial charge in [-0.3, -0.25) is 9.80 Å². The maximum Gasteiger partial charge on any atom is 0.305 e. The highest BCUT2D eigenvalue weighted by Gasteiger charge is 2.54. The molecule has 2 aliphatic heterocycles. The Balaban J connectivity index is 1.17. The Morgan fingerprint density at radius 3 is 2.37 bits per heavy atom. The van der Waals surface area contributed by atoms with Gasteiger partial charge in [-0.1, -0.05) is 84.1 Å². The minimum absolute atomic E-state index is 0.0852. The van der Waals surface area contributed by atoms with Gasteiger partial charge in [0.2, 0.25) is 0 Å². The number of hydrogen-bond acceptors (Lipinski definition) is 5. The fraction of sp³-hybridized carbons (Fsp3) is 0.312. The van der Waals surface area contributed by atoms with E-state index in [2.05, 4.69) is 94.9 Å². The molecule has 38 heavy (non-hydrogen) atoms. The molecule has 8 rings (SSSR count). The molecule has 6 atom stereocenters. The molecule has 4 aromatic rings. The van der Waals surface area contributed by atoms with E-state index in [9.17, 15) is 4.79 Å². The molecule has 2 aliphatic carbocycles. The molecule has 4 aliphatic rings. The number of thiazole rings is 1. The van der Waals surface area contributed by atoms with E-state index in [4.69, 9.17) is 5.10 Å². The second kappa shape index (κ2) is 8.99. The van der Waals surface area contributed by atoms with Crippen LogP contribution in [0.1, 0.15) is 59.2 Å². The molecule has 0 unspecified atom stereocenters. The van der Waals surface area contributed by atoms with E-state index in [-0.39, 0.29) is 10.9 Å². The van der Waals surface area contributed by atoms with E-state index < -0.39 is 0 Å². The van der Waals surface area contributed by atoms with Crippen molar-refractivity contribution in [3.63, 3.8) is 0 Å². The third-order valence-corrected chi connectivity index (χ3v) is 11.8. The summed E-state index contributed by atoms with van der Waals surface area (Å²) in [4.78, 5) is 16.9. The van der Waals surface area contributed by atoms with E-state index in [0.717, 1.165) is 34.7 Å². The standard InChI is InChI=1S/C32H29N3OS2/c36-32-33-31-30(38-32)27(28-22-11-12-23(17-22)29(28)37-31)21-13-15-24(16-14-21)35-26(20-9-5-2-6-10-20)18-25(34-35)19-7-3-1-4-8-19/h1-10,13-16,22-23,26-29H,11-12,17-18H2,(H,33,36)/t22-,23-,26+,27+,28-,29-/m0/s1. The molecule has 2 bridgehead atoms. The molecule has 0 amide bonds. The summed E-state index contributed by atoms with van der Waals surface area (Å²) in [5, 5.41) is 9.12. The van der Waals surface area contributed by atoms with Crippen LogP contribution in [-0.4, -0.2) is 15.9 Å². The minimum Gasteiger partial charge on any atom is -0.307 e. The molecule has 0 spiro atoms. The van der Waals surface area contributed by atoms with Crippen molar-refractivity contribution in [2.24, 2.45) is 22.9 Å². The molecular formula is C32H29N3OS2. The first-order valence-electron chi connectivity index (χ1n) is 13.7. The highest BCUT2D eigenvalue weighted by molar-refractivity contribution is 8.00. The first-order valence-corrected chi connectivity index (χ1v) is 15.4. The van der Waals surface area contributed by atoms with Gasteiger partial charge in [0.05, 0.1) is 22.5 Å². The number of fused-ring (bicyclic) bond motifs is 6. The van der Waals surface area contributed by atoms with Crippen LogP contribution in [0.25, 0.3) is 0 Å². The monoisotopic (exact) mass is 535 g/mol. The lowest BCUT2D eigenvalue weighted by Gasteiger charge is -2.40.